The number of rotatable bonds is 7. The quantitative estimate of drug-likeness (QED) is 0.751. The molecule has 0 fully saturated rings. The van der Waals surface area contributed by atoms with Gasteiger partial charge in [0.05, 0.1) is 30.3 Å². The summed E-state index contributed by atoms with van der Waals surface area (Å²) in [7, 11) is 0. The molecule has 1 heterocycles. The lowest BCUT2D eigenvalue weighted by atomic mass is 10.1. The van der Waals surface area contributed by atoms with Crippen molar-refractivity contribution in [2.24, 2.45) is 0 Å². The number of amides is 1. The average Bonchev–Trinajstić information content (AvgIpc) is 2.62. The average molecular weight is 342 g/mol. The van der Waals surface area contributed by atoms with Gasteiger partial charge >= 0.3 is 5.97 Å². The molecule has 25 heavy (non-hydrogen) atoms. The van der Waals surface area contributed by atoms with E-state index in [2.05, 4.69) is 27.5 Å². The third-order valence-corrected chi connectivity index (χ3v) is 3.56. The van der Waals surface area contributed by atoms with Gasteiger partial charge in [-0.3, -0.25) is 4.79 Å². The van der Waals surface area contributed by atoms with Crippen LogP contribution in [0.4, 0.5) is 11.5 Å². The molecule has 0 aliphatic rings. The fourth-order valence-electron chi connectivity index (χ4n) is 2.04. The molecule has 132 valence electrons. The largest absolute Gasteiger partial charge is 0.462 e. The molecular weight excluding hydrogens is 320 g/mol. The van der Waals surface area contributed by atoms with Crippen LogP contribution in [0.5, 0.6) is 0 Å². The molecule has 1 aromatic carbocycles. The summed E-state index contributed by atoms with van der Waals surface area (Å²) in [5.41, 5.74) is 0.823. The maximum absolute atomic E-state index is 12.4. The van der Waals surface area contributed by atoms with Gasteiger partial charge in [-0.2, -0.15) is 0 Å². The predicted molar refractivity (Wildman–Crippen MR) is 95.8 cm³/mol. The zero-order chi connectivity index (χ0) is 18.2. The first-order chi connectivity index (χ1) is 12.0. The van der Waals surface area contributed by atoms with Crippen LogP contribution in [0.25, 0.3) is 0 Å². The smallest absolute Gasteiger partial charge is 0.340 e. The van der Waals surface area contributed by atoms with Crippen LogP contribution < -0.4 is 10.6 Å². The van der Waals surface area contributed by atoms with Crippen molar-refractivity contribution < 1.29 is 14.3 Å². The van der Waals surface area contributed by atoms with Gasteiger partial charge in [0, 0.05) is 6.04 Å². The van der Waals surface area contributed by atoms with Crippen molar-refractivity contribution >= 4 is 23.4 Å². The van der Waals surface area contributed by atoms with Crippen molar-refractivity contribution in [1.29, 1.82) is 0 Å². The van der Waals surface area contributed by atoms with Gasteiger partial charge in [-0.05, 0) is 32.4 Å². The Hall–Kier alpha value is -2.96. The van der Waals surface area contributed by atoms with Crippen LogP contribution in [0.3, 0.4) is 0 Å². The number of carbonyl (C=O) groups is 2. The molecular formula is C18H22N4O3. The molecule has 2 N–H and O–H groups in total. The Morgan fingerprint density at radius 2 is 1.92 bits per heavy atom. The van der Waals surface area contributed by atoms with Gasteiger partial charge in [0.2, 0.25) is 0 Å². The summed E-state index contributed by atoms with van der Waals surface area (Å²) in [6, 6.07) is 6.93. The molecule has 0 saturated heterocycles. The maximum Gasteiger partial charge on any atom is 0.340 e. The highest BCUT2D eigenvalue weighted by Crippen LogP contribution is 2.17. The van der Waals surface area contributed by atoms with Gasteiger partial charge in [-0.25, -0.2) is 14.8 Å². The van der Waals surface area contributed by atoms with Gasteiger partial charge in [0.15, 0.2) is 0 Å². The van der Waals surface area contributed by atoms with Gasteiger partial charge in [0.1, 0.15) is 11.5 Å². The Kier molecular flexibility index (Phi) is 6.45. The van der Waals surface area contributed by atoms with Gasteiger partial charge < -0.3 is 15.4 Å². The molecule has 0 aliphatic carbocycles. The summed E-state index contributed by atoms with van der Waals surface area (Å²) in [6.07, 6.45) is 3.86. The molecule has 2 rings (SSSR count). The lowest BCUT2D eigenvalue weighted by Gasteiger charge is -2.12. The van der Waals surface area contributed by atoms with Crippen LogP contribution in [-0.2, 0) is 4.74 Å². The maximum atomic E-state index is 12.4. The Morgan fingerprint density at radius 3 is 2.56 bits per heavy atom. The monoisotopic (exact) mass is 342 g/mol. The van der Waals surface area contributed by atoms with Crippen molar-refractivity contribution in [2.75, 3.05) is 17.2 Å². The summed E-state index contributed by atoms with van der Waals surface area (Å²) in [5.74, 6) is -0.324. The topological polar surface area (TPSA) is 93.2 Å². The molecule has 0 radical (unpaired) electrons. The molecule has 0 spiro atoms. The highest BCUT2D eigenvalue weighted by Gasteiger charge is 2.15. The van der Waals surface area contributed by atoms with Gasteiger partial charge in [-0.1, -0.05) is 19.1 Å². The molecule has 1 amide bonds. The number of anilines is 2. The minimum absolute atomic E-state index is 0.161. The first kappa shape index (κ1) is 18.4. The van der Waals surface area contributed by atoms with E-state index >= 15 is 0 Å². The van der Waals surface area contributed by atoms with E-state index in [0.29, 0.717) is 17.1 Å². The number of carbonyl (C=O) groups excluding carboxylic acids is 2. The van der Waals surface area contributed by atoms with Crippen molar-refractivity contribution in [3.05, 3.63) is 47.9 Å². The summed E-state index contributed by atoms with van der Waals surface area (Å²) in [4.78, 5) is 32.6. The number of nitrogens with one attached hydrogen (secondary N) is 2. The Morgan fingerprint density at radius 1 is 1.16 bits per heavy atom. The third kappa shape index (κ3) is 5.00. The Balaban J connectivity index is 2.11. The SMILES string of the molecule is CCOC(=O)c1ccccc1NC(=O)c1cnc(NC(C)CC)cn1. The molecule has 0 aliphatic heterocycles. The van der Waals surface area contributed by atoms with Crippen molar-refractivity contribution in [1.82, 2.24) is 9.97 Å². The van der Waals surface area contributed by atoms with E-state index in [-0.39, 0.29) is 18.3 Å². The van der Waals surface area contributed by atoms with E-state index in [9.17, 15) is 9.59 Å². The Bertz CT molecular complexity index is 731. The second-order valence-corrected chi connectivity index (χ2v) is 5.46. The first-order valence-corrected chi connectivity index (χ1v) is 8.21. The lowest BCUT2D eigenvalue weighted by molar-refractivity contribution is 0.0527. The van der Waals surface area contributed by atoms with E-state index in [1.165, 1.54) is 12.4 Å². The highest BCUT2D eigenvalue weighted by atomic mass is 16.5. The van der Waals surface area contributed by atoms with E-state index in [4.69, 9.17) is 4.74 Å². The molecule has 1 atom stereocenters. The van der Waals surface area contributed by atoms with E-state index in [1.807, 2.05) is 6.92 Å². The molecule has 0 saturated carbocycles. The number of hydrogen-bond donors (Lipinski definition) is 2. The highest BCUT2D eigenvalue weighted by molar-refractivity contribution is 6.06. The zero-order valence-corrected chi connectivity index (χ0v) is 14.6. The van der Waals surface area contributed by atoms with E-state index in [1.54, 1.807) is 31.2 Å². The molecule has 1 aromatic heterocycles. The zero-order valence-electron chi connectivity index (χ0n) is 14.6. The minimum Gasteiger partial charge on any atom is -0.462 e. The van der Waals surface area contributed by atoms with Crippen LogP contribution >= 0.6 is 0 Å². The number of ether oxygens (including phenoxy) is 1. The fraction of sp³-hybridized carbons (Fsp3) is 0.333. The lowest BCUT2D eigenvalue weighted by Crippen LogP contribution is -2.18. The van der Waals surface area contributed by atoms with Crippen LogP contribution in [0.2, 0.25) is 0 Å². The Labute approximate surface area is 146 Å². The molecule has 7 heteroatoms. The van der Waals surface area contributed by atoms with Crippen LogP contribution in [0.15, 0.2) is 36.7 Å². The number of hydrogen-bond acceptors (Lipinski definition) is 6. The number of nitrogens with zero attached hydrogens (tertiary/aromatic N) is 2. The molecule has 2 aromatic rings. The fourth-order valence-corrected chi connectivity index (χ4v) is 2.04. The van der Waals surface area contributed by atoms with E-state index < -0.39 is 11.9 Å². The predicted octanol–water partition coefficient (Wildman–Crippen LogP) is 3.12. The van der Waals surface area contributed by atoms with Crippen molar-refractivity contribution in [2.45, 2.75) is 33.2 Å². The summed E-state index contributed by atoms with van der Waals surface area (Å²) in [5, 5.41) is 5.85. The van der Waals surface area contributed by atoms with Crippen molar-refractivity contribution in [3.8, 4) is 0 Å². The minimum atomic E-state index is -0.488. The van der Waals surface area contributed by atoms with E-state index in [0.717, 1.165) is 6.42 Å². The normalized spacial score (nSPS) is 11.5. The third-order valence-electron chi connectivity index (χ3n) is 3.56. The second kappa shape index (κ2) is 8.77. The number of benzene rings is 1. The number of aromatic nitrogens is 2. The standard InChI is InChI=1S/C18H22N4O3/c1-4-12(3)21-16-11-19-15(10-20-16)17(23)22-14-9-7-6-8-13(14)18(24)25-5-2/h6-12H,4-5H2,1-3H3,(H,20,21)(H,22,23). The van der Waals surface area contributed by atoms with Gasteiger partial charge in [0.25, 0.3) is 5.91 Å². The van der Waals surface area contributed by atoms with Gasteiger partial charge in [-0.15, -0.1) is 0 Å². The van der Waals surface area contributed by atoms with Crippen LogP contribution in [0.1, 0.15) is 48.0 Å². The second-order valence-electron chi connectivity index (χ2n) is 5.46. The molecule has 1 unspecified atom stereocenters. The summed E-state index contributed by atoms with van der Waals surface area (Å²) in [6.45, 7) is 6.09. The molecule has 0 bridgehead atoms. The summed E-state index contributed by atoms with van der Waals surface area (Å²) >= 11 is 0. The summed E-state index contributed by atoms with van der Waals surface area (Å²) < 4.78 is 4.99. The van der Waals surface area contributed by atoms with Crippen LogP contribution in [0, 0.1) is 0 Å². The van der Waals surface area contributed by atoms with Crippen LogP contribution in [-0.4, -0.2) is 34.5 Å². The number of para-hydroxylation sites is 1. The first-order valence-electron chi connectivity index (χ1n) is 8.21. The molecule has 7 nitrogen and oxygen atoms in total. The van der Waals surface area contributed by atoms with Crippen molar-refractivity contribution in [3.63, 3.8) is 0 Å². The number of esters is 1.